The molecular weight excluding hydrogens is 294 g/mol. The summed E-state index contributed by atoms with van der Waals surface area (Å²) in [5.41, 5.74) is 7.03. The maximum absolute atomic E-state index is 6.54. The summed E-state index contributed by atoms with van der Waals surface area (Å²) in [6.07, 6.45) is 4.52. The Balaban J connectivity index is 1.78. The minimum absolute atomic E-state index is 0.0929. The zero-order valence-electron chi connectivity index (χ0n) is 14.4. The lowest BCUT2D eigenvalue weighted by Crippen LogP contribution is -2.39. The first-order valence-electron chi connectivity index (χ1n) is 9.03. The highest BCUT2D eigenvalue weighted by atomic mass is 16.7. The zero-order valence-corrected chi connectivity index (χ0v) is 14.4. The molecule has 1 fully saturated rings. The van der Waals surface area contributed by atoms with Gasteiger partial charge in [0.15, 0.2) is 5.76 Å². The largest absolute Gasteiger partial charge is 0.404 e. The molecule has 24 heavy (non-hydrogen) atoms. The molecule has 2 aliphatic heterocycles. The van der Waals surface area contributed by atoms with Crippen molar-refractivity contribution in [2.75, 3.05) is 0 Å². The lowest BCUT2D eigenvalue weighted by molar-refractivity contribution is -0.133. The number of fused-ring (bicyclic) bond motifs is 6. The van der Waals surface area contributed by atoms with E-state index in [1.165, 1.54) is 40.7 Å². The van der Waals surface area contributed by atoms with Crippen molar-refractivity contribution >= 4 is 11.3 Å². The van der Waals surface area contributed by atoms with Gasteiger partial charge in [0.05, 0.1) is 11.6 Å². The molecule has 2 aromatic carbocycles. The molecule has 2 aromatic rings. The summed E-state index contributed by atoms with van der Waals surface area (Å²) >= 11 is 0. The third-order valence-corrected chi connectivity index (χ3v) is 5.91. The number of aryl methyl sites for hydroxylation is 2. The first-order valence-corrected chi connectivity index (χ1v) is 9.03. The van der Waals surface area contributed by atoms with E-state index in [1.54, 1.807) is 0 Å². The van der Waals surface area contributed by atoms with Gasteiger partial charge in [-0.05, 0) is 56.2 Å². The van der Waals surface area contributed by atoms with E-state index in [-0.39, 0.29) is 5.54 Å². The van der Waals surface area contributed by atoms with E-state index in [0.29, 0.717) is 6.04 Å². The number of nitrogens with zero attached hydrogens (tertiary/aromatic N) is 1. The van der Waals surface area contributed by atoms with Crippen LogP contribution in [0.1, 0.15) is 48.9 Å². The van der Waals surface area contributed by atoms with Crippen LogP contribution in [0.15, 0.2) is 48.5 Å². The number of hydrogen-bond acceptors (Lipinski definition) is 2. The maximum atomic E-state index is 6.54. The van der Waals surface area contributed by atoms with E-state index in [1.807, 2.05) is 0 Å². The van der Waals surface area contributed by atoms with Crippen molar-refractivity contribution < 1.29 is 4.84 Å². The van der Waals surface area contributed by atoms with Crippen LogP contribution in [0.4, 0.5) is 0 Å². The van der Waals surface area contributed by atoms with E-state index < -0.39 is 0 Å². The summed E-state index contributed by atoms with van der Waals surface area (Å²) in [7, 11) is 0. The summed E-state index contributed by atoms with van der Waals surface area (Å²) in [6.45, 7) is 4.59. The Morgan fingerprint density at radius 3 is 2.29 bits per heavy atom. The third kappa shape index (κ3) is 1.93. The molecule has 0 amide bonds. The molecule has 0 saturated carbocycles. The Hall–Kier alpha value is -2.06. The Bertz CT molecular complexity index is 849. The fourth-order valence-electron chi connectivity index (χ4n) is 4.61. The van der Waals surface area contributed by atoms with Crippen LogP contribution in [0.2, 0.25) is 0 Å². The highest BCUT2D eigenvalue weighted by molar-refractivity contribution is 5.93. The van der Waals surface area contributed by atoms with Crippen molar-refractivity contribution in [3.05, 3.63) is 70.8 Å². The predicted octanol–water partition coefficient (Wildman–Crippen LogP) is 4.84. The lowest BCUT2D eigenvalue weighted by atomic mass is 9.85. The number of hydrogen-bond donors (Lipinski definition) is 0. The van der Waals surface area contributed by atoms with Crippen LogP contribution in [-0.4, -0.2) is 16.6 Å². The highest BCUT2D eigenvalue weighted by Crippen LogP contribution is 2.51. The molecular formula is C22H23NO. The van der Waals surface area contributed by atoms with Crippen LogP contribution in [-0.2, 0) is 17.7 Å². The Morgan fingerprint density at radius 2 is 1.54 bits per heavy atom. The predicted molar refractivity (Wildman–Crippen MR) is 97.1 cm³/mol. The second-order valence-corrected chi connectivity index (χ2v) is 7.84. The van der Waals surface area contributed by atoms with E-state index >= 15 is 0 Å². The molecule has 0 spiro atoms. The Morgan fingerprint density at radius 1 is 0.917 bits per heavy atom. The van der Waals surface area contributed by atoms with E-state index in [4.69, 9.17) is 4.84 Å². The third-order valence-electron chi connectivity index (χ3n) is 5.91. The molecule has 1 unspecified atom stereocenters. The van der Waals surface area contributed by atoms with Gasteiger partial charge >= 0.3 is 0 Å². The standard InChI is InChI=1S/C22H23NO/c1-22(2)14-13-19-20-17-9-5-3-7-15(17)11-12-16-8-4-6-10-18(16)21(20)24-23(19)22/h3-10,19H,11-14H2,1-2H3. The van der Waals surface area contributed by atoms with Crippen molar-refractivity contribution in [3.8, 4) is 0 Å². The van der Waals surface area contributed by atoms with Gasteiger partial charge in [0, 0.05) is 11.1 Å². The number of benzene rings is 2. The molecule has 0 bridgehead atoms. The van der Waals surface area contributed by atoms with Crippen LogP contribution in [0.5, 0.6) is 0 Å². The summed E-state index contributed by atoms with van der Waals surface area (Å²) in [4.78, 5) is 6.54. The van der Waals surface area contributed by atoms with Gasteiger partial charge in [-0.2, -0.15) is 0 Å². The van der Waals surface area contributed by atoms with Crippen LogP contribution < -0.4 is 0 Å². The molecule has 1 saturated heterocycles. The van der Waals surface area contributed by atoms with Crippen molar-refractivity contribution in [1.82, 2.24) is 5.06 Å². The molecule has 3 aliphatic rings. The van der Waals surface area contributed by atoms with Gasteiger partial charge in [-0.25, -0.2) is 0 Å². The molecule has 1 aliphatic carbocycles. The number of hydroxylamine groups is 2. The molecule has 0 N–H and O–H groups in total. The topological polar surface area (TPSA) is 12.5 Å². The van der Waals surface area contributed by atoms with Crippen molar-refractivity contribution in [1.29, 1.82) is 0 Å². The Kier molecular flexibility index (Phi) is 2.96. The molecule has 0 aromatic heterocycles. The van der Waals surface area contributed by atoms with Crippen LogP contribution in [0, 0.1) is 0 Å². The number of rotatable bonds is 0. The second-order valence-electron chi connectivity index (χ2n) is 7.84. The summed E-state index contributed by atoms with van der Waals surface area (Å²) in [6, 6.07) is 18.1. The monoisotopic (exact) mass is 317 g/mol. The average Bonchev–Trinajstić information content (AvgIpc) is 3.09. The maximum Gasteiger partial charge on any atom is 0.160 e. The molecule has 1 atom stereocenters. The second kappa shape index (κ2) is 4.97. The first kappa shape index (κ1) is 14.3. The van der Waals surface area contributed by atoms with E-state index in [2.05, 4.69) is 67.4 Å². The minimum atomic E-state index is 0.0929. The average molecular weight is 317 g/mol. The molecule has 2 heterocycles. The lowest BCUT2D eigenvalue weighted by Gasteiger charge is -2.30. The highest BCUT2D eigenvalue weighted by Gasteiger charge is 2.49. The van der Waals surface area contributed by atoms with Gasteiger partial charge in [0.2, 0.25) is 0 Å². The summed E-state index contributed by atoms with van der Waals surface area (Å²) < 4.78 is 0. The Labute approximate surface area is 143 Å². The SMILES string of the molecule is CC1(C)CCC2C3=C(ON21)c1ccccc1CCc1ccccc13. The molecule has 0 radical (unpaired) electrons. The van der Waals surface area contributed by atoms with Crippen LogP contribution >= 0.6 is 0 Å². The van der Waals surface area contributed by atoms with Crippen molar-refractivity contribution in [3.63, 3.8) is 0 Å². The zero-order chi connectivity index (χ0) is 16.3. The summed E-state index contributed by atoms with van der Waals surface area (Å²) in [5, 5.41) is 2.26. The fraction of sp³-hybridized carbons (Fsp3) is 0.364. The first-order chi connectivity index (χ1) is 11.6. The molecule has 5 rings (SSSR count). The van der Waals surface area contributed by atoms with Crippen molar-refractivity contribution in [2.24, 2.45) is 0 Å². The quantitative estimate of drug-likeness (QED) is 0.689. The molecule has 2 nitrogen and oxygen atoms in total. The summed E-state index contributed by atoms with van der Waals surface area (Å²) in [5.74, 6) is 1.09. The van der Waals surface area contributed by atoms with Gasteiger partial charge < -0.3 is 4.84 Å². The molecule has 122 valence electrons. The molecule has 2 heteroatoms. The normalized spacial score (nSPS) is 24.3. The fourth-order valence-corrected chi connectivity index (χ4v) is 4.61. The van der Waals surface area contributed by atoms with Crippen LogP contribution in [0.25, 0.3) is 11.3 Å². The van der Waals surface area contributed by atoms with Gasteiger partial charge in [-0.3, -0.25) is 0 Å². The van der Waals surface area contributed by atoms with Crippen molar-refractivity contribution in [2.45, 2.75) is 51.1 Å². The van der Waals surface area contributed by atoms with Gasteiger partial charge in [-0.15, -0.1) is 5.06 Å². The van der Waals surface area contributed by atoms with Crippen LogP contribution in [0.3, 0.4) is 0 Å². The minimum Gasteiger partial charge on any atom is -0.404 e. The van der Waals surface area contributed by atoms with Gasteiger partial charge in [0.1, 0.15) is 0 Å². The van der Waals surface area contributed by atoms with Gasteiger partial charge in [-0.1, -0.05) is 48.5 Å². The van der Waals surface area contributed by atoms with E-state index in [0.717, 1.165) is 18.6 Å². The van der Waals surface area contributed by atoms with E-state index in [9.17, 15) is 0 Å². The smallest absolute Gasteiger partial charge is 0.160 e. The van der Waals surface area contributed by atoms with Gasteiger partial charge in [0.25, 0.3) is 0 Å².